The first-order valence-corrected chi connectivity index (χ1v) is 10.4. The molecule has 0 heterocycles. The summed E-state index contributed by atoms with van der Waals surface area (Å²) < 4.78 is 6.14. The number of aromatic hydroxyl groups is 1. The van der Waals surface area contributed by atoms with E-state index in [0.717, 1.165) is 43.4 Å². The van der Waals surface area contributed by atoms with Gasteiger partial charge in [0.1, 0.15) is 11.5 Å². The topological polar surface area (TPSA) is 41.5 Å². The molecule has 3 aromatic rings. The second kappa shape index (κ2) is 8.66. The zero-order valence-corrected chi connectivity index (χ0v) is 16.5. The van der Waals surface area contributed by atoms with Crippen LogP contribution in [0, 0.1) is 0 Å². The van der Waals surface area contributed by atoms with E-state index in [2.05, 4.69) is 60.8 Å². The summed E-state index contributed by atoms with van der Waals surface area (Å²) >= 11 is 0. The lowest BCUT2D eigenvalue weighted by molar-refractivity contribution is 0.271. The van der Waals surface area contributed by atoms with Crippen LogP contribution in [0.3, 0.4) is 0 Å². The number of benzene rings is 3. The van der Waals surface area contributed by atoms with Crippen molar-refractivity contribution in [2.45, 2.75) is 51.1 Å². The van der Waals surface area contributed by atoms with Crippen LogP contribution in [-0.2, 0) is 12.8 Å². The highest BCUT2D eigenvalue weighted by Crippen LogP contribution is 2.29. The van der Waals surface area contributed by atoms with E-state index in [1.807, 2.05) is 6.07 Å². The van der Waals surface area contributed by atoms with Gasteiger partial charge in [-0.15, -0.1) is 0 Å². The van der Waals surface area contributed by atoms with Gasteiger partial charge in [-0.25, -0.2) is 0 Å². The van der Waals surface area contributed by atoms with Gasteiger partial charge in [-0.05, 0) is 60.7 Å². The predicted molar refractivity (Wildman–Crippen MR) is 115 cm³/mol. The van der Waals surface area contributed by atoms with Crippen LogP contribution in [0.15, 0.2) is 60.7 Å². The molecule has 146 valence electrons. The van der Waals surface area contributed by atoms with Gasteiger partial charge in [0.15, 0.2) is 0 Å². The van der Waals surface area contributed by atoms with E-state index >= 15 is 0 Å². The Kier molecular flexibility index (Phi) is 5.82. The zero-order chi connectivity index (χ0) is 19.3. The molecule has 0 spiro atoms. The van der Waals surface area contributed by atoms with Crippen LogP contribution in [0.25, 0.3) is 10.8 Å². The maximum absolute atomic E-state index is 10.0. The summed E-state index contributed by atoms with van der Waals surface area (Å²) in [7, 11) is 0. The number of nitrogens with one attached hydrogen (secondary N) is 1. The highest BCUT2D eigenvalue weighted by Gasteiger charge is 2.22. The molecule has 3 aromatic carbocycles. The third-order valence-electron chi connectivity index (χ3n) is 5.90. The molecular formula is C25H29NO2. The maximum Gasteiger partial charge on any atom is 0.127 e. The molecule has 2 unspecified atom stereocenters. The average Bonchev–Trinajstić information content (AvgIpc) is 2.73. The predicted octanol–water partition coefficient (Wildman–Crippen LogP) is 5.24. The smallest absolute Gasteiger partial charge is 0.127 e. The minimum atomic E-state index is 0.443. The summed E-state index contributed by atoms with van der Waals surface area (Å²) in [5.41, 5.74) is 2.42. The first-order valence-electron chi connectivity index (χ1n) is 10.4. The quantitative estimate of drug-likeness (QED) is 0.593. The monoisotopic (exact) mass is 375 g/mol. The third kappa shape index (κ3) is 4.15. The second-order valence-corrected chi connectivity index (χ2v) is 7.74. The summed E-state index contributed by atoms with van der Waals surface area (Å²) in [6, 6.07) is 21.4. The van der Waals surface area contributed by atoms with Crippen LogP contribution in [0.4, 0.5) is 0 Å². The Labute approximate surface area is 167 Å². The molecule has 3 heteroatoms. The van der Waals surface area contributed by atoms with Gasteiger partial charge in [-0.2, -0.15) is 0 Å². The number of phenols is 1. The van der Waals surface area contributed by atoms with E-state index in [9.17, 15) is 5.11 Å². The molecule has 0 amide bonds. The molecule has 0 fully saturated rings. The van der Waals surface area contributed by atoms with Crippen molar-refractivity contribution < 1.29 is 9.84 Å². The minimum Gasteiger partial charge on any atom is -0.508 e. The fourth-order valence-corrected chi connectivity index (χ4v) is 4.30. The van der Waals surface area contributed by atoms with Crippen molar-refractivity contribution in [2.75, 3.05) is 6.61 Å². The van der Waals surface area contributed by atoms with Gasteiger partial charge in [0.2, 0.25) is 0 Å². The number of hydrogen-bond acceptors (Lipinski definition) is 3. The van der Waals surface area contributed by atoms with Crippen LogP contribution in [0.1, 0.15) is 37.3 Å². The highest BCUT2D eigenvalue weighted by molar-refractivity contribution is 5.88. The Morgan fingerprint density at radius 2 is 1.89 bits per heavy atom. The average molecular weight is 376 g/mol. The van der Waals surface area contributed by atoms with Gasteiger partial charge < -0.3 is 15.2 Å². The van der Waals surface area contributed by atoms with Crippen LogP contribution in [0.2, 0.25) is 0 Å². The van der Waals surface area contributed by atoms with E-state index < -0.39 is 0 Å². The second-order valence-electron chi connectivity index (χ2n) is 7.74. The zero-order valence-electron chi connectivity index (χ0n) is 16.5. The van der Waals surface area contributed by atoms with E-state index in [4.69, 9.17) is 4.74 Å². The van der Waals surface area contributed by atoms with Crippen LogP contribution < -0.4 is 10.1 Å². The number of fused-ring (bicyclic) bond motifs is 2. The molecule has 0 saturated carbocycles. The molecule has 0 radical (unpaired) electrons. The van der Waals surface area contributed by atoms with Crippen molar-refractivity contribution in [3.05, 3.63) is 71.8 Å². The molecule has 0 saturated heterocycles. The van der Waals surface area contributed by atoms with Crippen molar-refractivity contribution in [2.24, 2.45) is 0 Å². The Hall–Kier alpha value is -2.52. The number of hydrogen-bond donors (Lipinski definition) is 2. The fraction of sp³-hybridized carbons (Fsp3) is 0.360. The maximum atomic E-state index is 10.0. The van der Waals surface area contributed by atoms with E-state index in [-0.39, 0.29) is 0 Å². The van der Waals surface area contributed by atoms with Crippen LogP contribution in [0.5, 0.6) is 11.5 Å². The van der Waals surface area contributed by atoms with Crippen molar-refractivity contribution in [1.29, 1.82) is 0 Å². The molecule has 28 heavy (non-hydrogen) atoms. The largest absolute Gasteiger partial charge is 0.508 e. The van der Waals surface area contributed by atoms with Gasteiger partial charge in [0.05, 0.1) is 6.61 Å². The van der Waals surface area contributed by atoms with Gasteiger partial charge in [-0.1, -0.05) is 55.5 Å². The lowest BCUT2D eigenvalue weighted by atomic mass is 9.87. The molecule has 3 nitrogen and oxygen atoms in total. The molecule has 1 aliphatic carbocycles. The normalized spacial score (nSPS) is 17.2. The Balaban J connectivity index is 1.33. The van der Waals surface area contributed by atoms with E-state index in [0.29, 0.717) is 24.4 Å². The van der Waals surface area contributed by atoms with Gasteiger partial charge in [-0.3, -0.25) is 0 Å². The fourth-order valence-electron chi connectivity index (χ4n) is 4.30. The Morgan fingerprint density at radius 3 is 2.79 bits per heavy atom. The van der Waals surface area contributed by atoms with Gasteiger partial charge in [0.25, 0.3) is 0 Å². The van der Waals surface area contributed by atoms with Crippen molar-refractivity contribution in [1.82, 2.24) is 5.32 Å². The van der Waals surface area contributed by atoms with E-state index in [1.54, 1.807) is 6.07 Å². The highest BCUT2D eigenvalue weighted by atomic mass is 16.5. The molecule has 1 aliphatic rings. The van der Waals surface area contributed by atoms with Gasteiger partial charge >= 0.3 is 0 Å². The summed E-state index contributed by atoms with van der Waals surface area (Å²) in [6.07, 6.45) is 5.09. The molecule has 0 aliphatic heterocycles. The Bertz CT molecular complexity index is 931. The van der Waals surface area contributed by atoms with Crippen molar-refractivity contribution in [3.63, 3.8) is 0 Å². The SMILES string of the molecule is CCC(CCOc1cccc2ccccc12)NC1CCc2c(O)cccc2C1. The van der Waals surface area contributed by atoms with Crippen molar-refractivity contribution in [3.8, 4) is 11.5 Å². The van der Waals surface area contributed by atoms with Crippen LogP contribution >= 0.6 is 0 Å². The number of rotatable bonds is 7. The molecule has 0 aromatic heterocycles. The van der Waals surface area contributed by atoms with E-state index in [1.165, 1.54) is 16.3 Å². The third-order valence-corrected chi connectivity index (χ3v) is 5.90. The molecule has 2 atom stereocenters. The number of phenolic OH excluding ortho intramolecular Hbond substituents is 1. The summed E-state index contributed by atoms with van der Waals surface area (Å²) in [5, 5.41) is 16.3. The standard InChI is InChI=1S/C25H29NO2/c1-2-20(26-21-13-14-22-19(17-21)9-5-11-24(22)27)15-16-28-25-12-6-8-18-7-3-4-10-23(18)25/h3-12,20-21,26-27H,2,13-17H2,1H3. The van der Waals surface area contributed by atoms with Crippen molar-refractivity contribution >= 4 is 10.8 Å². The van der Waals surface area contributed by atoms with Crippen LogP contribution in [-0.4, -0.2) is 23.8 Å². The minimum absolute atomic E-state index is 0.443. The first-order chi connectivity index (χ1) is 13.7. The molecule has 2 N–H and O–H groups in total. The summed E-state index contributed by atoms with van der Waals surface area (Å²) in [5.74, 6) is 1.42. The first kappa shape index (κ1) is 18.8. The van der Waals surface area contributed by atoms with Gasteiger partial charge in [0, 0.05) is 17.5 Å². The Morgan fingerprint density at radius 1 is 1.07 bits per heavy atom. The lowest BCUT2D eigenvalue weighted by Gasteiger charge is -2.30. The molecule has 0 bridgehead atoms. The number of ether oxygens (including phenoxy) is 1. The summed E-state index contributed by atoms with van der Waals surface area (Å²) in [6.45, 7) is 2.95. The molecule has 4 rings (SSSR count). The molecular weight excluding hydrogens is 346 g/mol. The lowest BCUT2D eigenvalue weighted by Crippen LogP contribution is -2.42. The summed E-state index contributed by atoms with van der Waals surface area (Å²) in [4.78, 5) is 0.